The van der Waals surface area contributed by atoms with E-state index in [-0.39, 0.29) is 15.7 Å². The highest BCUT2D eigenvalue weighted by Gasteiger charge is 2.20. The molecule has 0 fully saturated rings. The lowest BCUT2D eigenvalue weighted by atomic mass is 10.2. The summed E-state index contributed by atoms with van der Waals surface area (Å²) < 4.78 is 27.1. The second-order valence-electron chi connectivity index (χ2n) is 5.53. The van der Waals surface area contributed by atoms with Gasteiger partial charge >= 0.3 is 0 Å². The quantitative estimate of drug-likeness (QED) is 0.509. The van der Waals surface area contributed by atoms with E-state index < -0.39 is 9.84 Å². The van der Waals surface area contributed by atoms with Gasteiger partial charge < -0.3 is 4.57 Å². The van der Waals surface area contributed by atoms with Crippen LogP contribution in [0.1, 0.15) is 6.92 Å². The maximum Gasteiger partial charge on any atom is 0.191 e. The molecule has 0 spiro atoms. The Kier molecular flexibility index (Phi) is 6.41. The van der Waals surface area contributed by atoms with E-state index in [2.05, 4.69) is 15.2 Å². The van der Waals surface area contributed by atoms with Gasteiger partial charge in [0.15, 0.2) is 20.8 Å². The van der Waals surface area contributed by atoms with Crippen LogP contribution >= 0.6 is 35.0 Å². The van der Waals surface area contributed by atoms with Crippen molar-refractivity contribution in [2.24, 2.45) is 0 Å². The minimum absolute atomic E-state index is 0.0479. The number of halogens is 2. The molecular weight excluding hydrogens is 427 g/mol. The summed E-state index contributed by atoms with van der Waals surface area (Å²) in [5.74, 6) is 0.960. The van der Waals surface area contributed by atoms with Crippen LogP contribution in [0.25, 0.3) is 11.4 Å². The molecule has 10 heteroatoms. The van der Waals surface area contributed by atoms with Crippen molar-refractivity contribution in [1.82, 2.24) is 19.7 Å². The lowest BCUT2D eigenvalue weighted by Crippen LogP contribution is -2.10. The SMILES string of the molecule is CCn1c(SCCS(=O)(=O)c2cc(Cl)ccc2Cl)nnc1-c1ccncc1. The summed E-state index contributed by atoms with van der Waals surface area (Å²) in [7, 11) is -3.55. The number of hydrogen-bond donors (Lipinski definition) is 0. The van der Waals surface area contributed by atoms with Crippen LogP contribution in [0.3, 0.4) is 0 Å². The molecule has 0 aliphatic rings. The Bertz CT molecular complexity index is 1040. The zero-order chi connectivity index (χ0) is 19.4. The van der Waals surface area contributed by atoms with Crippen LogP contribution in [0.4, 0.5) is 0 Å². The fraction of sp³-hybridized carbons (Fsp3) is 0.235. The highest BCUT2D eigenvalue weighted by molar-refractivity contribution is 8.00. The molecule has 3 rings (SSSR count). The number of rotatable bonds is 7. The second-order valence-corrected chi connectivity index (χ2v) is 9.51. The second kappa shape index (κ2) is 8.60. The molecule has 2 heterocycles. The number of aromatic nitrogens is 4. The molecule has 0 aliphatic heterocycles. The van der Waals surface area contributed by atoms with Gasteiger partial charge in [0, 0.05) is 35.3 Å². The van der Waals surface area contributed by atoms with Crippen molar-refractivity contribution in [3.05, 3.63) is 52.8 Å². The fourth-order valence-electron chi connectivity index (χ4n) is 2.46. The molecule has 2 aromatic heterocycles. The van der Waals surface area contributed by atoms with Gasteiger partial charge in [0.25, 0.3) is 0 Å². The van der Waals surface area contributed by atoms with E-state index in [0.717, 1.165) is 11.4 Å². The molecule has 0 unspecified atom stereocenters. The Hall–Kier alpha value is -1.61. The number of pyridine rings is 1. The zero-order valence-electron chi connectivity index (χ0n) is 14.3. The summed E-state index contributed by atoms with van der Waals surface area (Å²) in [5.41, 5.74) is 0.907. The van der Waals surface area contributed by atoms with Gasteiger partial charge in [-0.05, 0) is 37.3 Å². The van der Waals surface area contributed by atoms with Crippen LogP contribution in [0, 0.1) is 0 Å². The smallest absolute Gasteiger partial charge is 0.191 e. The van der Waals surface area contributed by atoms with E-state index in [1.165, 1.54) is 23.9 Å². The van der Waals surface area contributed by atoms with E-state index in [4.69, 9.17) is 23.2 Å². The van der Waals surface area contributed by atoms with Gasteiger partial charge in [0.2, 0.25) is 0 Å². The van der Waals surface area contributed by atoms with Crippen molar-refractivity contribution in [1.29, 1.82) is 0 Å². The van der Waals surface area contributed by atoms with Crippen LogP contribution in [0.15, 0.2) is 52.8 Å². The van der Waals surface area contributed by atoms with Crippen molar-refractivity contribution >= 4 is 44.8 Å². The first-order valence-electron chi connectivity index (χ1n) is 8.06. The number of hydrogen-bond acceptors (Lipinski definition) is 6. The first-order chi connectivity index (χ1) is 12.9. The molecule has 0 saturated heterocycles. The summed E-state index contributed by atoms with van der Waals surface area (Å²) in [6.45, 7) is 2.65. The van der Waals surface area contributed by atoms with Crippen LogP contribution in [-0.4, -0.2) is 39.7 Å². The third kappa shape index (κ3) is 4.63. The molecule has 27 heavy (non-hydrogen) atoms. The molecule has 0 N–H and O–H groups in total. The normalized spacial score (nSPS) is 11.7. The average molecular weight is 443 g/mol. The van der Waals surface area contributed by atoms with Gasteiger partial charge in [-0.1, -0.05) is 35.0 Å². The average Bonchev–Trinajstić information content (AvgIpc) is 3.07. The van der Waals surface area contributed by atoms with Crippen molar-refractivity contribution < 1.29 is 8.42 Å². The predicted octanol–water partition coefficient (Wildman–Crippen LogP) is 4.23. The Morgan fingerprint density at radius 1 is 1.11 bits per heavy atom. The summed E-state index contributed by atoms with van der Waals surface area (Å²) in [5, 5.41) is 9.60. The number of thioether (sulfide) groups is 1. The molecule has 1 aromatic carbocycles. The van der Waals surface area contributed by atoms with Crippen LogP contribution in [-0.2, 0) is 16.4 Å². The molecule has 0 saturated carbocycles. The highest BCUT2D eigenvalue weighted by atomic mass is 35.5. The lowest BCUT2D eigenvalue weighted by Gasteiger charge is -2.08. The maximum absolute atomic E-state index is 12.6. The maximum atomic E-state index is 12.6. The topological polar surface area (TPSA) is 77.7 Å². The van der Waals surface area contributed by atoms with Crippen LogP contribution in [0.5, 0.6) is 0 Å². The monoisotopic (exact) mass is 442 g/mol. The minimum atomic E-state index is -3.55. The summed E-state index contributed by atoms with van der Waals surface area (Å²) in [6.07, 6.45) is 3.39. The van der Waals surface area contributed by atoms with Gasteiger partial charge in [-0.3, -0.25) is 4.98 Å². The lowest BCUT2D eigenvalue weighted by molar-refractivity contribution is 0.597. The third-order valence-corrected chi connectivity index (χ3v) is 7.44. The standard InChI is InChI=1S/C17H16Cl2N4O2S2/c1-2-23-16(12-5-7-20-8-6-12)21-22-17(23)26-9-10-27(24,25)15-11-13(18)3-4-14(15)19/h3-8,11H,2,9-10H2,1H3. The molecule has 0 amide bonds. The molecular formula is C17H16Cl2N4O2S2. The van der Waals surface area contributed by atoms with Crippen LogP contribution in [0.2, 0.25) is 10.0 Å². The molecule has 6 nitrogen and oxygen atoms in total. The number of sulfone groups is 1. The van der Waals surface area contributed by atoms with Crippen molar-refractivity contribution in [3.63, 3.8) is 0 Å². The highest BCUT2D eigenvalue weighted by Crippen LogP contribution is 2.28. The molecule has 0 atom stereocenters. The van der Waals surface area contributed by atoms with E-state index >= 15 is 0 Å². The molecule has 0 radical (unpaired) electrons. The van der Waals surface area contributed by atoms with E-state index in [1.54, 1.807) is 18.5 Å². The van der Waals surface area contributed by atoms with Crippen LogP contribution < -0.4 is 0 Å². The molecule has 142 valence electrons. The van der Waals surface area contributed by atoms with Gasteiger partial charge in [-0.25, -0.2) is 8.42 Å². The van der Waals surface area contributed by atoms with E-state index in [0.29, 0.717) is 22.5 Å². The van der Waals surface area contributed by atoms with Gasteiger partial charge in [-0.15, -0.1) is 10.2 Å². The summed E-state index contributed by atoms with van der Waals surface area (Å²) in [6, 6.07) is 8.13. The van der Waals surface area contributed by atoms with Gasteiger partial charge in [-0.2, -0.15) is 0 Å². The van der Waals surface area contributed by atoms with Gasteiger partial charge in [0.05, 0.1) is 15.7 Å². The Morgan fingerprint density at radius 2 is 1.85 bits per heavy atom. The predicted molar refractivity (Wildman–Crippen MR) is 108 cm³/mol. The Labute approximate surface area is 171 Å². The van der Waals surface area contributed by atoms with E-state index in [9.17, 15) is 8.42 Å². The molecule has 0 aliphatic carbocycles. The molecule has 0 bridgehead atoms. The summed E-state index contributed by atoms with van der Waals surface area (Å²) >= 11 is 13.3. The zero-order valence-corrected chi connectivity index (χ0v) is 17.5. The fourth-order valence-corrected chi connectivity index (χ4v) is 5.93. The van der Waals surface area contributed by atoms with Crippen molar-refractivity contribution in [3.8, 4) is 11.4 Å². The largest absolute Gasteiger partial charge is 0.302 e. The summed E-state index contributed by atoms with van der Waals surface area (Å²) in [4.78, 5) is 4.05. The van der Waals surface area contributed by atoms with Gasteiger partial charge in [0.1, 0.15) is 0 Å². The Balaban J connectivity index is 1.74. The Morgan fingerprint density at radius 3 is 2.56 bits per heavy atom. The minimum Gasteiger partial charge on any atom is -0.302 e. The third-order valence-electron chi connectivity index (χ3n) is 3.78. The first kappa shape index (κ1) is 20.1. The molecule has 3 aromatic rings. The number of nitrogens with zero attached hydrogens (tertiary/aromatic N) is 4. The first-order valence-corrected chi connectivity index (χ1v) is 11.5. The van der Waals surface area contributed by atoms with Crippen molar-refractivity contribution in [2.45, 2.75) is 23.5 Å². The number of benzene rings is 1. The van der Waals surface area contributed by atoms with Crippen molar-refractivity contribution in [2.75, 3.05) is 11.5 Å². The van der Waals surface area contributed by atoms with E-state index in [1.807, 2.05) is 23.6 Å².